The Morgan fingerprint density at radius 2 is 2.30 bits per heavy atom. The molecule has 60 valence electrons. The number of aldehydes is 1. The smallest absolute Gasteiger partial charge is 0.133 e. The van der Waals surface area contributed by atoms with Crippen molar-refractivity contribution in [1.29, 1.82) is 0 Å². The van der Waals surface area contributed by atoms with Gasteiger partial charge in [0.1, 0.15) is 6.29 Å². The molecule has 0 rings (SSSR count). The van der Waals surface area contributed by atoms with Crippen LogP contribution in [0.5, 0.6) is 0 Å². The molecule has 0 saturated heterocycles. The van der Waals surface area contributed by atoms with Gasteiger partial charge in [-0.1, -0.05) is 6.92 Å². The van der Waals surface area contributed by atoms with E-state index >= 15 is 0 Å². The maximum Gasteiger partial charge on any atom is 0.133 e. The van der Waals surface area contributed by atoms with Gasteiger partial charge in [-0.3, -0.25) is 4.90 Å². The number of nitrogens with zero attached hydrogens (tertiary/aromatic N) is 1. The quantitative estimate of drug-likeness (QED) is 0.549. The predicted molar refractivity (Wildman–Crippen MR) is 39.9 cm³/mol. The van der Waals surface area contributed by atoms with Crippen LogP contribution < -0.4 is 0 Å². The molecule has 0 fully saturated rings. The van der Waals surface area contributed by atoms with Gasteiger partial charge in [-0.15, -0.1) is 0 Å². The average Bonchev–Trinajstić information content (AvgIpc) is 1.91. The molecule has 0 aliphatic rings. The molecule has 0 heterocycles. The van der Waals surface area contributed by atoms with Gasteiger partial charge in [-0.05, 0) is 13.5 Å². The van der Waals surface area contributed by atoms with Crippen molar-refractivity contribution in [2.75, 3.05) is 20.2 Å². The highest BCUT2D eigenvalue weighted by Crippen LogP contribution is 1.97. The molecule has 1 unspecified atom stereocenters. The molecule has 0 amide bonds. The summed E-state index contributed by atoms with van der Waals surface area (Å²) in [5.41, 5.74) is 0. The Labute approximate surface area is 61.6 Å². The molecule has 0 aliphatic heterocycles. The molecule has 0 aromatic carbocycles. The van der Waals surface area contributed by atoms with E-state index in [1.54, 1.807) is 0 Å². The van der Waals surface area contributed by atoms with Crippen molar-refractivity contribution in [3.05, 3.63) is 0 Å². The van der Waals surface area contributed by atoms with Crippen LogP contribution in [-0.2, 0) is 4.79 Å². The SMILES string of the molecule is CCC(CO)N(C)CC=O. The average molecular weight is 145 g/mol. The normalized spacial score (nSPS) is 13.6. The van der Waals surface area contributed by atoms with Gasteiger partial charge in [0, 0.05) is 6.04 Å². The third kappa shape index (κ3) is 2.94. The maximum absolute atomic E-state index is 10.0. The number of carbonyl (C=O) groups excluding carboxylic acids is 1. The molecule has 0 aliphatic carbocycles. The lowest BCUT2D eigenvalue weighted by Gasteiger charge is -2.22. The fourth-order valence-corrected chi connectivity index (χ4v) is 0.847. The zero-order valence-corrected chi connectivity index (χ0v) is 6.58. The number of aliphatic hydroxyl groups excluding tert-OH is 1. The summed E-state index contributed by atoms with van der Waals surface area (Å²) in [6.07, 6.45) is 1.72. The standard InChI is InChI=1S/C7H15NO2/c1-3-7(6-10)8(2)4-5-9/h5,7,10H,3-4,6H2,1-2H3. The minimum absolute atomic E-state index is 0.126. The van der Waals surface area contributed by atoms with Crippen LogP contribution in [0, 0.1) is 0 Å². The van der Waals surface area contributed by atoms with Gasteiger partial charge in [0.25, 0.3) is 0 Å². The first-order valence-electron chi connectivity index (χ1n) is 3.51. The second kappa shape index (κ2) is 5.38. The molecule has 3 nitrogen and oxygen atoms in total. The third-order valence-electron chi connectivity index (χ3n) is 1.67. The molecule has 1 atom stereocenters. The van der Waals surface area contributed by atoms with E-state index in [-0.39, 0.29) is 12.6 Å². The summed E-state index contributed by atoms with van der Waals surface area (Å²) in [5.74, 6) is 0. The fraction of sp³-hybridized carbons (Fsp3) is 0.857. The van der Waals surface area contributed by atoms with Gasteiger partial charge >= 0.3 is 0 Å². The Morgan fingerprint density at radius 1 is 1.70 bits per heavy atom. The Bertz CT molecular complexity index is 91.6. The minimum Gasteiger partial charge on any atom is -0.395 e. The number of carbonyl (C=O) groups is 1. The first kappa shape index (κ1) is 9.59. The van der Waals surface area contributed by atoms with Crippen LogP contribution in [-0.4, -0.2) is 42.5 Å². The minimum atomic E-state index is 0.126. The zero-order valence-electron chi connectivity index (χ0n) is 6.58. The molecule has 1 N–H and O–H groups in total. The Kier molecular flexibility index (Phi) is 5.16. The summed E-state index contributed by atoms with van der Waals surface area (Å²) in [6.45, 7) is 2.52. The highest BCUT2D eigenvalue weighted by Gasteiger charge is 2.09. The number of likely N-dealkylation sites (N-methyl/N-ethyl adjacent to an activating group) is 1. The number of hydrogen-bond donors (Lipinski definition) is 1. The molecule has 0 aromatic heterocycles. The summed E-state index contributed by atoms with van der Waals surface area (Å²) in [5, 5.41) is 8.77. The fourth-order valence-electron chi connectivity index (χ4n) is 0.847. The van der Waals surface area contributed by atoms with Gasteiger partial charge in [-0.2, -0.15) is 0 Å². The van der Waals surface area contributed by atoms with E-state index < -0.39 is 0 Å². The van der Waals surface area contributed by atoms with Crippen molar-refractivity contribution < 1.29 is 9.90 Å². The van der Waals surface area contributed by atoms with Gasteiger partial charge < -0.3 is 9.90 Å². The van der Waals surface area contributed by atoms with Crippen LogP contribution in [0.2, 0.25) is 0 Å². The summed E-state index contributed by atoms with van der Waals surface area (Å²) in [6, 6.07) is 0.130. The Balaban J connectivity index is 3.63. The molecule has 0 saturated carbocycles. The summed E-state index contributed by atoms with van der Waals surface area (Å²) < 4.78 is 0. The van der Waals surface area contributed by atoms with Crippen molar-refractivity contribution in [3.8, 4) is 0 Å². The van der Waals surface area contributed by atoms with Crippen LogP contribution in [0.3, 0.4) is 0 Å². The second-order valence-electron chi connectivity index (χ2n) is 2.35. The van der Waals surface area contributed by atoms with Crippen molar-refractivity contribution in [3.63, 3.8) is 0 Å². The van der Waals surface area contributed by atoms with Crippen LogP contribution in [0.25, 0.3) is 0 Å². The summed E-state index contributed by atoms with van der Waals surface area (Å²) in [4.78, 5) is 11.9. The van der Waals surface area contributed by atoms with Crippen molar-refractivity contribution in [2.24, 2.45) is 0 Å². The molecule has 10 heavy (non-hydrogen) atoms. The van der Waals surface area contributed by atoms with Crippen molar-refractivity contribution >= 4 is 6.29 Å². The zero-order chi connectivity index (χ0) is 7.98. The number of rotatable bonds is 5. The van der Waals surface area contributed by atoms with E-state index in [9.17, 15) is 4.79 Å². The lowest BCUT2D eigenvalue weighted by Crippen LogP contribution is -2.35. The van der Waals surface area contributed by atoms with E-state index in [1.165, 1.54) is 0 Å². The molecule has 0 spiro atoms. The predicted octanol–water partition coefficient (Wildman–Crippen LogP) is -0.112. The topological polar surface area (TPSA) is 40.5 Å². The third-order valence-corrected chi connectivity index (χ3v) is 1.67. The Morgan fingerprint density at radius 3 is 2.60 bits per heavy atom. The van der Waals surface area contributed by atoms with E-state index in [1.807, 2.05) is 18.9 Å². The Hall–Kier alpha value is -0.410. The molecule has 3 heteroatoms. The van der Waals surface area contributed by atoms with E-state index in [0.717, 1.165) is 12.7 Å². The first-order valence-corrected chi connectivity index (χ1v) is 3.51. The summed E-state index contributed by atoms with van der Waals surface area (Å²) in [7, 11) is 1.83. The number of aliphatic hydroxyl groups is 1. The van der Waals surface area contributed by atoms with Crippen molar-refractivity contribution in [2.45, 2.75) is 19.4 Å². The summed E-state index contributed by atoms with van der Waals surface area (Å²) >= 11 is 0. The maximum atomic E-state index is 10.0. The molecular weight excluding hydrogens is 130 g/mol. The number of hydrogen-bond acceptors (Lipinski definition) is 3. The first-order chi connectivity index (χ1) is 4.76. The van der Waals surface area contributed by atoms with Crippen LogP contribution in [0.4, 0.5) is 0 Å². The van der Waals surface area contributed by atoms with Gasteiger partial charge in [0.05, 0.1) is 13.2 Å². The lowest BCUT2D eigenvalue weighted by atomic mass is 10.2. The van der Waals surface area contributed by atoms with Gasteiger partial charge in [0.2, 0.25) is 0 Å². The van der Waals surface area contributed by atoms with Crippen LogP contribution in [0.1, 0.15) is 13.3 Å². The molecule has 0 radical (unpaired) electrons. The molecular formula is C7H15NO2. The lowest BCUT2D eigenvalue weighted by molar-refractivity contribution is -0.109. The van der Waals surface area contributed by atoms with Crippen LogP contribution >= 0.6 is 0 Å². The van der Waals surface area contributed by atoms with E-state index in [0.29, 0.717) is 6.54 Å². The van der Waals surface area contributed by atoms with E-state index in [2.05, 4.69) is 0 Å². The van der Waals surface area contributed by atoms with E-state index in [4.69, 9.17) is 5.11 Å². The monoisotopic (exact) mass is 145 g/mol. The highest BCUT2D eigenvalue weighted by atomic mass is 16.3. The second-order valence-corrected chi connectivity index (χ2v) is 2.35. The van der Waals surface area contributed by atoms with Crippen molar-refractivity contribution in [1.82, 2.24) is 4.90 Å². The highest BCUT2D eigenvalue weighted by molar-refractivity contribution is 5.51. The largest absolute Gasteiger partial charge is 0.395 e. The molecule has 0 bridgehead atoms. The van der Waals surface area contributed by atoms with Gasteiger partial charge in [-0.25, -0.2) is 0 Å². The van der Waals surface area contributed by atoms with Crippen LogP contribution in [0.15, 0.2) is 0 Å². The molecule has 0 aromatic rings. The van der Waals surface area contributed by atoms with Gasteiger partial charge in [0.15, 0.2) is 0 Å².